The van der Waals surface area contributed by atoms with Crippen molar-refractivity contribution in [2.24, 2.45) is 0 Å². The molecule has 1 atom stereocenters. The first kappa shape index (κ1) is 18.5. The van der Waals surface area contributed by atoms with Crippen molar-refractivity contribution in [2.45, 2.75) is 35.6 Å². The van der Waals surface area contributed by atoms with Gasteiger partial charge in [0.05, 0.1) is 4.90 Å². The fraction of sp³-hybridized carbons (Fsp3) is 0.500. The van der Waals surface area contributed by atoms with Crippen molar-refractivity contribution in [2.75, 3.05) is 11.6 Å². The summed E-state index contributed by atoms with van der Waals surface area (Å²) in [5.74, 6) is -0.997. The SMILES string of the molecule is CCC(C)(CBr)NS(=O)(=O)c1cc(S(C)(=O)=O)ccc1F. The van der Waals surface area contributed by atoms with Crippen molar-refractivity contribution in [1.29, 1.82) is 0 Å². The molecule has 0 radical (unpaired) electrons. The van der Waals surface area contributed by atoms with E-state index < -0.39 is 36.1 Å². The van der Waals surface area contributed by atoms with E-state index in [9.17, 15) is 21.2 Å². The molecule has 0 saturated carbocycles. The summed E-state index contributed by atoms with van der Waals surface area (Å²) in [6.45, 7) is 3.45. The second kappa shape index (κ2) is 6.31. The van der Waals surface area contributed by atoms with Gasteiger partial charge in [0.15, 0.2) is 9.84 Å². The maximum absolute atomic E-state index is 13.8. The predicted octanol–water partition coefficient (Wildman–Crippen LogP) is 2.07. The quantitative estimate of drug-likeness (QED) is 0.584. The van der Waals surface area contributed by atoms with Gasteiger partial charge in [0.2, 0.25) is 10.0 Å². The van der Waals surface area contributed by atoms with Crippen LogP contribution in [0, 0.1) is 5.82 Å². The van der Waals surface area contributed by atoms with Gasteiger partial charge in [0.25, 0.3) is 0 Å². The van der Waals surface area contributed by atoms with Gasteiger partial charge < -0.3 is 0 Å². The van der Waals surface area contributed by atoms with Crippen LogP contribution in [0.3, 0.4) is 0 Å². The van der Waals surface area contributed by atoms with Gasteiger partial charge >= 0.3 is 0 Å². The van der Waals surface area contributed by atoms with Crippen molar-refractivity contribution in [3.05, 3.63) is 24.0 Å². The molecule has 0 aliphatic heterocycles. The van der Waals surface area contributed by atoms with Crippen LogP contribution in [0.1, 0.15) is 20.3 Å². The summed E-state index contributed by atoms with van der Waals surface area (Å²) in [7, 11) is -7.80. The highest BCUT2D eigenvalue weighted by Gasteiger charge is 2.30. The number of halogens is 2. The minimum atomic E-state index is -4.18. The Morgan fingerprint density at radius 3 is 2.29 bits per heavy atom. The number of sulfone groups is 1. The minimum absolute atomic E-state index is 0.249. The highest BCUT2D eigenvalue weighted by Crippen LogP contribution is 2.23. The maximum Gasteiger partial charge on any atom is 0.244 e. The zero-order valence-electron chi connectivity index (χ0n) is 11.9. The van der Waals surface area contributed by atoms with Crippen molar-refractivity contribution < 1.29 is 21.2 Å². The van der Waals surface area contributed by atoms with Gasteiger partial charge in [-0.05, 0) is 31.5 Å². The lowest BCUT2D eigenvalue weighted by Crippen LogP contribution is -2.47. The lowest BCUT2D eigenvalue weighted by atomic mass is 10.0. The Kier molecular flexibility index (Phi) is 5.57. The van der Waals surface area contributed by atoms with Crippen molar-refractivity contribution in [3.8, 4) is 0 Å². The molecule has 0 aliphatic carbocycles. The number of benzene rings is 1. The Hall–Kier alpha value is -0.510. The normalized spacial score (nSPS) is 15.7. The lowest BCUT2D eigenvalue weighted by molar-refractivity contribution is 0.447. The van der Waals surface area contributed by atoms with E-state index >= 15 is 0 Å². The smallest absolute Gasteiger partial charge is 0.224 e. The fourth-order valence-corrected chi connectivity index (χ4v) is 4.52. The molecule has 0 saturated heterocycles. The summed E-state index contributed by atoms with van der Waals surface area (Å²) in [5, 5.41) is 0.336. The van der Waals surface area contributed by atoms with Crippen LogP contribution in [-0.2, 0) is 19.9 Å². The largest absolute Gasteiger partial charge is 0.244 e. The molecule has 0 spiro atoms. The van der Waals surface area contributed by atoms with E-state index in [-0.39, 0.29) is 4.90 Å². The van der Waals surface area contributed by atoms with E-state index in [2.05, 4.69) is 20.7 Å². The zero-order chi connectivity index (χ0) is 16.5. The fourth-order valence-electron chi connectivity index (χ4n) is 1.49. The van der Waals surface area contributed by atoms with Gasteiger partial charge in [-0.2, -0.15) is 0 Å². The van der Waals surface area contributed by atoms with Gasteiger partial charge in [-0.25, -0.2) is 25.9 Å². The van der Waals surface area contributed by atoms with Crippen molar-refractivity contribution in [1.82, 2.24) is 4.72 Å². The van der Waals surface area contributed by atoms with Crippen LogP contribution < -0.4 is 4.72 Å². The second-order valence-corrected chi connectivity index (χ2v) is 9.25. The molecule has 21 heavy (non-hydrogen) atoms. The van der Waals surface area contributed by atoms with E-state index in [1.807, 2.05) is 0 Å². The molecule has 0 bridgehead atoms. The van der Waals surface area contributed by atoms with Gasteiger partial charge in [-0.1, -0.05) is 22.9 Å². The Bertz CT molecular complexity index is 728. The number of sulfonamides is 1. The summed E-state index contributed by atoms with van der Waals surface area (Å²) in [4.78, 5) is -0.924. The number of nitrogens with one attached hydrogen (secondary N) is 1. The Morgan fingerprint density at radius 1 is 1.29 bits per heavy atom. The molecule has 0 aliphatic rings. The molecule has 1 rings (SSSR count). The van der Waals surface area contributed by atoms with Crippen LogP contribution in [0.5, 0.6) is 0 Å². The third-order valence-corrected chi connectivity index (χ3v) is 7.08. The third kappa shape index (κ3) is 4.48. The highest BCUT2D eigenvalue weighted by atomic mass is 79.9. The van der Waals surface area contributed by atoms with Crippen molar-refractivity contribution >= 4 is 35.8 Å². The summed E-state index contributed by atoms with van der Waals surface area (Å²) < 4.78 is 63.8. The van der Waals surface area contributed by atoms with Gasteiger partial charge in [0, 0.05) is 17.1 Å². The van der Waals surface area contributed by atoms with Gasteiger partial charge in [-0.15, -0.1) is 0 Å². The topological polar surface area (TPSA) is 80.3 Å². The maximum atomic E-state index is 13.8. The average Bonchev–Trinajstić information content (AvgIpc) is 2.37. The first-order valence-corrected chi connectivity index (χ1v) is 10.5. The molecule has 1 aromatic carbocycles. The summed E-state index contributed by atoms with van der Waals surface area (Å²) >= 11 is 3.21. The molecule has 1 aromatic rings. The Morgan fingerprint density at radius 2 is 1.86 bits per heavy atom. The molecule has 0 amide bonds. The van der Waals surface area contributed by atoms with Crippen LogP contribution >= 0.6 is 15.9 Å². The van der Waals surface area contributed by atoms with Crippen LogP contribution in [0.15, 0.2) is 28.0 Å². The molecule has 0 heterocycles. The van der Waals surface area contributed by atoms with E-state index in [1.54, 1.807) is 13.8 Å². The lowest BCUT2D eigenvalue weighted by Gasteiger charge is -2.27. The molecular formula is C12H17BrFNO4S2. The molecule has 9 heteroatoms. The van der Waals surface area contributed by atoms with Crippen molar-refractivity contribution in [3.63, 3.8) is 0 Å². The first-order valence-electron chi connectivity index (χ1n) is 6.05. The second-order valence-electron chi connectivity index (χ2n) is 5.02. The molecule has 0 fully saturated rings. The Labute approximate surface area is 133 Å². The van der Waals surface area contributed by atoms with E-state index in [4.69, 9.17) is 0 Å². The molecule has 5 nitrogen and oxygen atoms in total. The minimum Gasteiger partial charge on any atom is -0.224 e. The van der Waals surface area contributed by atoms with E-state index in [0.717, 1.165) is 24.5 Å². The molecule has 1 unspecified atom stereocenters. The number of alkyl halides is 1. The van der Waals surface area contributed by atoms with Gasteiger partial charge in [0.1, 0.15) is 10.7 Å². The van der Waals surface area contributed by atoms with Crippen LogP contribution in [0.25, 0.3) is 0 Å². The zero-order valence-corrected chi connectivity index (χ0v) is 15.1. The van der Waals surface area contributed by atoms with Crippen LogP contribution in [0.2, 0.25) is 0 Å². The van der Waals surface area contributed by atoms with E-state index in [0.29, 0.717) is 11.8 Å². The van der Waals surface area contributed by atoms with Crippen LogP contribution in [-0.4, -0.2) is 34.0 Å². The molecule has 0 aromatic heterocycles. The third-order valence-electron chi connectivity index (χ3n) is 3.08. The summed E-state index contributed by atoms with van der Waals surface area (Å²) in [6, 6.07) is 2.70. The molecular weight excluding hydrogens is 385 g/mol. The van der Waals surface area contributed by atoms with E-state index in [1.165, 1.54) is 0 Å². The molecule has 1 N–H and O–H groups in total. The van der Waals surface area contributed by atoms with Crippen LogP contribution in [0.4, 0.5) is 4.39 Å². The number of hydrogen-bond acceptors (Lipinski definition) is 4. The average molecular weight is 402 g/mol. The summed E-state index contributed by atoms with van der Waals surface area (Å²) in [5.41, 5.74) is -0.799. The summed E-state index contributed by atoms with van der Waals surface area (Å²) in [6.07, 6.45) is 1.41. The van der Waals surface area contributed by atoms with Gasteiger partial charge in [-0.3, -0.25) is 0 Å². The predicted molar refractivity (Wildman–Crippen MR) is 82.3 cm³/mol. The Balaban J connectivity index is 3.39. The first-order chi connectivity index (χ1) is 9.45. The monoisotopic (exact) mass is 401 g/mol. The molecule has 120 valence electrons. The number of hydrogen-bond donors (Lipinski definition) is 1. The highest BCUT2D eigenvalue weighted by molar-refractivity contribution is 9.09. The standard InChI is InChI=1S/C12H17BrFNO4S2/c1-4-12(2,8-13)15-21(18,19)11-7-9(20(3,16)17)5-6-10(11)14/h5-7,15H,4,8H2,1-3H3. The number of rotatable bonds is 6.